The van der Waals surface area contributed by atoms with Crippen molar-refractivity contribution in [2.75, 3.05) is 0 Å². The predicted octanol–water partition coefficient (Wildman–Crippen LogP) is 13.4. The second-order valence-corrected chi connectivity index (χ2v) is 14.4. The van der Waals surface area contributed by atoms with E-state index in [9.17, 15) is 0 Å². The minimum absolute atomic E-state index is 0.565. The molecule has 12 rings (SSSR count). The van der Waals surface area contributed by atoms with Crippen LogP contribution in [0, 0.1) is 0 Å². The van der Waals surface area contributed by atoms with Crippen LogP contribution in [0.4, 0.5) is 0 Å². The molecule has 0 amide bonds. The summed E-state index contributed by atoms with van der Waals surface area (Å²) in [6, 6.07) is 62.8. The van der Waals surface area contributed by atoms with Gasteiger partial charge in [0.1, 0.15) is 22.3 Å². The molecule has 57 heavy (non-hydrogen) atoms. The molecule has 0 N–H and O–H groups in total. The minimum atomic E-state index is 0.565. The SMILES string of the molecule is c1ccc(-c2ccc(-c3nc(-c4ccc5c(c4)oc4ccccc45)nc(-c4ccc5oc6ccc(-n7c8ccccc8c8ccccc87)cc6c5c4)n3)cc2)cc1. The zero-order chi connectivity index (χ0) is 37.5. The largest absolute Gasteiger partial charge is 0.456 e. The summed E-state index contributed by atoms with van der Waals surface area (Å²) in [6.07, 6.45) is 0. The van der Waals surface area contributed by atoms with Crippen molar-refractivity contribution in [2.45, 2.75) is 0 Å². The summed E-state index contributed by atoms with van der Waals surface area (Å²) in [7, 11) is 0. The van der Waals surface area contributed by atoms with Gasteiger partial charge in [0.15, 0.2) is 17.5 Å². The molecule has 8 aromatic carbocycles. The molecule has 0 fully saturated rings. The normalized spacial score (nSPS) is 11.9. The highest BCUT2D eigenvalue weighted by atomic mass is 16.3. The quantitative estimate of drug-likeness (QED) is 0.176. The van der Waals surface area contributed by atoms with Crippen molar-refractivity contribution < 1.29 is 8.83 Å². The van der Waals surface area contributed by atoms with Crippen LogP contribution in [-0.2, 0) is 0 Å². The van der Waals surface area contributed by atoms with E-state index in [1.807, 2.05) is 42.5 Å². The van der Waals surface area contributed by atoms with Crippen LogP contribution in [0.1, 0.15) is 0 Å². The van der Waals surface area contributed by atoms with Crippen LogP contribution in [-0.4, -0.2) is 19.5 Å². The van der Waals surface area contributed by atoms with Gasteiger partial charge in [0.2, 0.25) is 0 Å². The summed E-state index contributed by atoms with van der Waals surface area (Å²) in [5, 5.41) is 6.60. The number of hydrogen-bond donors (Lipinski definition) is 0. The Morgan fingerprint density at radius 3 is 1.51 bits per heavy atom. The summed E-state index contributed by atoms with van der Waals surface area (Å²) < 4.78 is 15.0. The van der Waals surface area contributed by atoms with Gasteiger partial charge >= 0.3 is 0 Å². The molecule has 0 aliphatic carbocycles. The molecule has 0 unspecified atom stereocenters. The van der Waals surface area contributed by atoms with Gasteiger partial charge in [-0.3, -0.25) is 0 Å². The molecule has 12 aromatic rings. The molecule has 0 saturated carbocycles. The molecule has 6 heteroatoms. The molecule has 0 radical (unpaired) electrons. The van der Waals surface area contributed by atoms with Crippen molar-refractivity contribution in [3.63, 3.8) is 0 Å². The Balaban J connectivity index is 1.02. The first-order valence-corrected chi connectivity index (χ1v) is 19.0. The standard InChI is InChI=1S/C51H30N4O2/c1-2-10-31(11-3-1)32-18-20-33(21-19-32)49-52-50(54-51(53-49)35-22-25-40-39-14-6-9-17-45(39)57-48(40)29-35)34-23-26-46-41(28-34)42-30-36(24-27-47(42)56-46)55-43-15-7-4-12-37(43)38-13-5-8-16-44(38)55/h1-30H. The van der Waals surface area contributed by atoms with E-state index in [0.717, 1.165) is 88.4 Å². The monoisotopic (exact) mass is 730 g/mol. The topological polar surface area (TPSA) is 69.9 Å². The lowest BCUT2D eigenvalue weighted by molar-refractivity contribution is 0.668. The number of nitrogens with zero attached hydrogens (tertiary/aromatic N) is 4. The third kappa shape index (κ3) is 5.08. The van der Waals surface area contributed by atoms with Gasteiger partial charge in [-0.2, -0.15) is 0 Å². The van der Waals surface area contributed by atoms with Gasteiger partial charge in [0, 0.05) is 54.7 Å². The second kappa shape index (κ2) is 12.3. The molecule has 6 nitrogen and oxygen atoms in total. The lowest BCUT2D eigenvalue weighted by Gasteiger charge is -2.09. The number of furan rings is 2. The van der Waals surface area contributed by atoms with Crippen molar-refractivity contribution in [3.8, 4) is 51.0 Å². The maximum atomic E-state index is 6.42. The molecule has 266 valence electrons. The molecular formula is C51H30N4O2. The van der Waals surface area contributed by atoms with Crippen molar-refractivity contribution in [3.05, 3.63) is 182 Å². The molecule has 0 atom stereocenters. The first-order chi connectivity index (χ1) is 28.2. The van der Waals surface area contributed by atoms with Gasteiger partial charge in [-0.1, -0.05) is 115 Å². The Morgan fingerprint density at radius 2 is 0.772 bits per heavy atom. The number of aromatic nitrogens is 4. The highest BCUT2D eigenvalue weighted by Crippen LogP contribution is 2.38. The first kappa shape index (κ1) is 31.5. The highest BCUT2D eigenvalue weighted by molar-refractivity contribution is 6.11. The average molecular weight is 731 g/mol. The summed E-state index contributed by atoms with van der Waals surface area (Å²) >= 11 is 0. The average Bonchev–Trinajstić information content (AvgIpc) is 3.95. The zero-order valence-electron chi connectivity index (χ0n) is 30.4. The fraction of sp³-hybridized carbons (Fsp3) is 0. The summed E-state index contributed by atoms with van der Waals surface area (Å²) in [6.45, 7) is 0. The molecule has 4 heterocycles. The van der Waals surface area contributed by atoms with E-state index in [1.54, 1.807) is 0 Å². The number of hydrogen-bond acceptors (Lipinski definition) is 5. The van der Waals surface area contributed by atoms with Crippen LogP contribution in [0.5, 0.6) is 0 Å². The lowest BCUT2D eigenvalue weighted by Crippen LogP contribution is -2.00. The number of rotatable bonds is 5. The van der Waals surface area contributed by atoms with Gasteiger partial charge in [0.25, 0.3) is 0 Å². The fourth-order valence-corrected chi connectivity index (χ4v) is 8.31. The van der Waals surface area contributed by atoms with Crippen LogP contribution in [0.15, 0.2) is 191 Å². The van der Waals surface area contributed by atoms with Gasteiger partial charge in [-0.25, -0.2) is 15.0 Å². The number of para-hydroxylation sites is 3. The molecule has 0 aliphatic rings. The Morgan fingerprint density at radius 1 is 0.298 bits per heavy atom. The zero-order valence-corrected chi connectivity index (χ0v) is 30.4. The Hall–Kier alpha value is -7.83. The van der Waals surface area contributed by atoms with Gasteiger partial charge in [-0.05, 0) is 77.9 Å². The van der Waals surface area contributed by atoms with E-state index in [-0.39, 0.29) is 0 Å². The lowest BCUT2D eigenvalue weighted by atomic mass is 10.0. The first-order valence-electron chi connectivity index (χ1n) is 19.0. The number of benzene rings is 8. The van der Waals surface area contributed by atoms with Crippen LogP contribution in [0.2, 0.25) is 0 Å². The van der Waals surface area contributed by atoms with E-state index in [4.69, 9.17) is 23.8 Å². The van der Waals surface area contributed by atoms with Gasteiger partial charge in [0.05, 0.1) is 11.0 Å². The third-order valence-corrected chi connectivity index (χ3v) is 11.1. The van der Waals surface area contributed by atoms with E-state index < -0.39 is 0 Å². The highest BCUT2D eigenvalue weighted by Gasteiger charge is 2.18. The molecule has 0 bridgehead atoms. The Bertz CT molecular complexity index is 3470. The molecule has 0 aliphatic heterocycles. The maximum Gasteiger partial charge on any atom is 0.164 e. The van der Waals surface area contributed by atoms with Crippen LogP contribution >= 0.6 is 0 Å². The van der Waals surface area contributed by atoms with Crippen molar-refractivity contribution in [2.24, 2.45) is 0 Å². The molecule has 0 spiro atoms. The fourth-order valence-electron chi connectivity index (χ4n) is 8.31. The summed E-state index contributed by atoms with van der Waals surface area (Å²) in [5.74, 6) is 1.72. The van der Waals surface area contributed by atoms with Crippen LogP contribution in [0.3, 0.4) is 0 Å². The molecule has 4 aromatic heterocycles. The van der Waals surface area contributed by atoms with Crippen molar-refractivity contribution in [1.82, 2.24) is 19.5 Å². The Kier molecular flexibility index (Phi) is 6.83. The molecular weight excluding hydrogens is 701 g/mol. The van der Waals surface area contributed by atoms with Gasteiger partial charge < -0.3 is 13.4 Å². The predicted molar refractivity (Wildman–Crippen MR) is 230 cm³/mol. The van der Waals surface area contributed by atoms with Crippen LogP contribution in [0.25, 0.3) is 117 Å². The molecule has 0 saturated heterocycles. The summed E-state index contributed by atoms with van der Waals surface area (Å²) in [4.78, 5) is 15.3. The number of fused-ring (bicyclic) bond motifs is 9. The van der Waals surface area contributed by atoms with E-state index in [0.29, 0.717) is 17.5 Å². The van der Waals surface area contributed by atoms with Gasteiger partial charge in [-0.15, -0.1) is 0 Å². The van der Waals surface area contributed by atoms with Crippen molar-refractivity contribution >= 4 is 65.7 Å². The minimum Gasteiger partial charge on any atom is -0.456 e. The van der Waals surface area contributed by atoms with E-state index >= 15 is 0 Å². The maximum absolute atomic E-state index is 6.42. The second-order valence-electron chi connectivity index (χ2n) is 14.4. The van der Waals surface area contributed by atoms with Crippen molar-refractivity contribution in [1.29, 1.82) is 0 Å². The summed E-state index contributed by atoms with van der Waals surface area (Å²) in [5.41, 5.74) is 11.5. The van der Waals surface area contributed by atoms with E-state index in [1.165, 1.54) is 10.8 Å². The Labute approximate surface area is 325 Å². The third-order valence-electron chi connectivity index (χ3n) is 11.1. The smallest absolute Gasteiger partial charge is 0.164 e. The van der Waals surface area contributed by atoms with Crippen LogP contribution < -0.4 is 0 Å². The van der Waals surface area contributed by atoms with E-state index in [2.05, 4.69) is 144 Å².